The number of hydrogen-bond acceptors (Lipinski definition) is 1. The highest BCUT2D eigenvalue weighted by Crippen LogP contribution is 2.14. The smallest absolute Gasteiger partial charge is 0.123 e. The third-order valence-corrected chi connectivity index (χ3v) is 3.57. The van der Waals surface area contributed by atoms with Crippen molar-refractivity contribution in [2.24, 2.45) is 0 Å². The number of nitrogens with one attached hydrogen (secondary N) is 1. The molecule has 0 heterocycles. The molecule has 2 aromatic rings. The summed E-state index contributed by atoms with van der Waals surface area (Å²) < 4.78 is 13.1. The molecule has 2 unspecified atom stereocenters. The highest BCUT2D eigenvalue weighted by atomic mass is 19.1. The minimum atomic E-state index is -0.160. The van der Waals surface area contributed by atoms with Crippen molar-refractivity contribution in [1.82, 2.24) is 5.32 Å². The Bertz CT molecular complexity index is 524. The molecule has 0 aliphatic carbocycles. The summed E-state index contributed by atoms with van der Waals surface area (Å²) in [5.74, 6) is 0.318. The lowest BCUT2D eigenvalue weighted by molar-refractivity contribution is 0.515. The fourth-order valence-electron chi connectivity index (χ4n) is 2.37. The second kappa shape index (κ2) is 7.20. The molecule has 0 saturated heterocycles. The Hall–Kier alpha value is -1.67. The number of benzene rings is 2. The molecule has 2 aromatic carbocycles. The summed E-state index contributed by atoms with van der Waals surface area (Å²) in [6.45, 7) is 5.29. The number of halogens is 1. The van der Waals surface area contributed by atoms with Crippen LogP contribution in [0, 0.1) is 5.82 Å². The average Bonchev–Trinajstić information content (AvgIpc) is 2.46. The fraction of sp³-hybridized carbons (Fsp3) is 0.333. The van der Waals surface area contributed by atoms with Crippen LogP contribution in [0.2, 0.25) is 0 Å². The zero-order valence-electron chi connectivity index (χ0n) is 12.1. The van der Waals surface area contributed by atoms with E-state index in [0.717, 1.165) is 18.5 Å². The monoisotopic (exact) mass is 271 g/mol. The highest BCUT2D eigenvalue weighted by molar-refractivity contribution is 5.19. The molecule has 0 aliphatic rings. The third-order valence-electron chi connectivity index (χ3n) is 3.57. The van der Waals surface area contributed by atoms with E-state index in [1.54, 1.807) is 12.1 Å². The zero-order chi connectivity index (χ0) is 14.4. The van der Waals surface area contributed by atoms with Gasteiger partial charge in [-0.1, -0.05) is 49.4 Å². The van der Waals surface area contributed by atoms with E-state index in [1.807, 2.05) is 12.1 Å². The molecule has 1 nitrogen and oxygen atoms in total. The molecular formula is C18H22FN. The SMILES string of the molecule is CC(Cc1cccc(F)c1)NCC(C)c1ccccc1. The van der Waals surface area contributed by atoms with Crippen molar-refractivity contribution in [2.75, 3.05) is 6.54 Å². The first-order valence-corrected chi connectivity index (χ1v) is 7.18. The molecule has 0 spiro atoms. The average molecular weight is 271 g/mol. The van der Waals surface area contributed by atoms with Gasteiger partial charge in [0.15, 0.2) is 0 Å². The van der Waals surface area contributed by atoms with Gasteiger partial charge in [0, 0.05) is 12.6 Å². The van der Waals surface area contributed by atoms with Crippen LogP contribution in [0.3, 0.4) is 0 Å². The van der Waals surface area contributed by atoms with E-state index in [1.165, 1.54) is 11.6 Å². The largest absolute Gasteiger partial charge is 0.313 e. The van der Waals surface area contributed by atoms with Gasteiger partial charge in [0.1, 0.15) is 5.82 Å². The lowest BCUT2D eigenvalue weighted by Crippen LogP contribution is -2.31. The van der Waals surface area contributed by atoms with Gasteiger partial charge in [-0.05, 0) is 42.5 Å². The third kappa shape index (κ3) is 4.46. The summed E-state index contributed by atoms with van der Waals surface area (Å²) in [6.07, 6.45) is 0.846. The first-order valence-electron chi connectivity index (χ1n) is 7.18. The lowest BCUT2D eigenvalue weighted by Gasteiger charge is -2.18. The van der Waals surface area contributed by atoms with Gasteiger partial charge in [-0.25, -0.2) is 4.39 Å². The quantitative estimate of drug-likeness (QED) is 0.832. The first-order chi connectivity index (χ1) is 9.65. The van der Waals surface area contributed by atoms with Crippen LogP contribution in [-0.2, 0) is 6.42 Å². The van der Waals surface area contributed by atoms with Gasteiger partial charge in [0.25, 0.3) is 0 Å². The molecule has 0 bridgehead atoms. The fourth-order valence-corrected chi connectivity index (χ4v) is 2.37. The Balaban J connectivity index is 1.82. The van der Waals surface area contributed by atoms with Crippen LogP contribution >= 0.6 is 0 Å². The van der Waals surface area contributed by atoms with E-state index in [2.05, 4.69) is 43.4 Å². The van der Waals surface area contributed by atoms with E-state index >= 15 is 0 Å². The Kier molecular flexibility index (Phi) is 5.31. The Labute approximate surface area is 120 Å². The second-order valence-corrected chi connectivity index (χ2v) is 5.46. The summed E-state index contributed by atoms with van der Waals surface area (Å²) in [7, 11) is 0. The maximum atomic E-state index is 13.1. The van der Waals surface area contributed by atoms with Gasteiger partial charge >= 0.3 is 0 Å². The van der Waals surface area contributed by atoms with E-state index < -0.39 is 0 Å². The Morgan fingerprint density at radius 1 is 1.00 bits per heavy atom. The van der Waals surface area contributed by atoms with Gasteiger partial charge in [-0.3, -0.25) is 0 Å². The molecule has 20 heavy (non-hydrogen) atoms. The van der Waals surface area contributed by atoms with E-state index in [9.17, 15) is 4.39 Å². The van der Waals surface area contributed by atoms with Gasteiger partial charge in [0.05, 0.1) is 0 Å². The van der Waals surface area contributed by atoms with Crippen LogP contribution in [0.4, 0.5) is 4.39 Å². The molecule has 1 N–H and O–H groups in total. The normalized spacial score (nSPS) is 13.9. The second-order valence-electron chi connectivity index (χ2n) is 5.46. The van der Waals surface area contributed by atoms with Crippen LogP contribution in [0.1, 0.15) is 30.9 Å². The van der Waals surface area contributed by atoms with Crippen LogP contribution < -0.4 is 5.32 Å². The van der Waals surface area contributed by atoms with Gasteiger partial charge in [0.2, 0.25) is 0 Å². The van der Waals surface area contributed by atoms with E-state index in [0.29, 0.717) is 12.0 Å². The van der Waals surface area contributed by atoms with Gasteiger partial charge in [-0.15, -0.1) is 0 Å². The molecule has 0 aromatic heterocycles. The van der Waals surface area contributed by atoms with Crippen LogP contribution in [0.25, 0.3) is 0 Å². The molecule has 0 radical (unpaired) electrons. The van der Waals surface area contributed by atoms with E-state index in [-0.39, 0.29) is 5.82 Å². The lowest BCUT2D eigenvalue weighted by atomic mass is 10.0. The molecule has 0 fully saturated rings. The Morgan fingerprint density at radius 3 is 2.45 bits per heavy atom. The topological polar surface area (TPSA) is 12.0 Å². The zero-order valence-corrected chi connectivity index (χ0v) is 12.1. The van der Waals surface area contributed by atoms with Crippen LogP contribution in [-0.4, -0.2) is 12.6 Å². The minimum absolute atomic E-state index is 0.160. The molecule has 0 saturated carbocycles. The van der Waals surface area contributed by atoms with Gasteiger partial charge < -0.3 is 5.32 Å². The maximum Gasteiger partial charge on any atom is 0.123 e. The summed E-state index contributed by atoms with van der Waals surface area (Å²) >= 11 is 0. The first kappa shape index (κ1) is 14.7. The van der Waals surface area contributed by atoms with Gasteiger partial charge in [-0.2, -0.15) is 0 Å². The van der Waals surface area contributed by atoms with Crippen molar-refractivity contribution in [3.8, 4) is 0 Å². The van der Waals surface area contributed by atoms with Crippen molar-refractivity contribution >= 4 is 0 Å². The molecule has 2 rings (SSSR count). The molecule has 106 valence electrons. The minimum Gasteiger partial charge on any atom is -0.313 e. The van der Waals surface area contributed by atoms with Crippen molar-refractivity contribution in [2.45, 2.75) is 32.2 Å². The highest BCUT2D eigenvalue weighted by Gasteiger charge is 2.08. The van der Waals surface area contributed by atoms with Crippen LogP contribution in [0.5, 0.6) is 0 Å². The number of hydrogen-bond donors (Lipinski definition) is 1. The van der Waals surface area contributed by atoms with Crippen molar-refractivity contribution in [3.05, 3.63) is 71.5 Å². The Morgan fingerprint density at radius 2 is 1.75 bits per heavy atom. The van der Waals surface area contributed by atoms with Crippen molar-refractivity contribution < 1.29 is 4.39 Å². The maximum absolute atomic E-state index is 13.1. The summed E-state index contributed by atoms with van der Waals surface area (Å²) in [5.41, 5.74) is 2.38. The van der Waals surface area contributed by atoms with Crippen molar-refractivity contribution in [3.63, 3.8) is 0 Å². The predicted molar refractivity (Wildman–Crippen MR) is 82.4 cm³/mol. The van der Waals surface area contributed by atoms with Crippen molar-refractivity contribution in [1.29, 1.82) is 0 Å². The van der Waals surface area contributed by atoms with Crippen LogP contribution in [0.15, 0.2) is 54.6 Å². The molecular weight excluding hydrogens is 249 g/mol. The predicted octanol–water partition coefficient (Wildman–Crippen LogP) is 4.15. The summed E-state index contributed by atoms with van der Waals surface area (Å²) in [4.78, 5) is 0. The summed E-state index contributed by atoms with van der Waals surface area (Å²) in [6, 6.07) is 17.7. The molecule has 2 atom stereocenters. The molecule has 0 aliphatic heterocycles. The summed E-state index contributed by atoms with van der Waals surface area (Å²) in [5, 5.41) is 3.53. The molecule has 2 heteroatoms. The number of rotatable bonds is 6. The van der Waals surface area contributed by atoms with E-state index in [4.69, 9.17) is 0 Å². The standard InChI is InChI=1S/C18H22FN/c1-14(17-8-4-3-5-9-17)13-20-15(2)11-16-7-6-10-18(19)12-16/h3-10,12,14-15,20H,11,13H2,1-2H3. The molecule has 0 amide bonds.